The topological polar surface area (TPSA) is 9.23 Å². The van der Waals surface area contributed by atoms with Crippen LogP contribution in [0.4, 0.5) is 8.78 Å². The van der Waals surface area contributed by atoms with Gasteiger partial charge in [0.2, 0.25) is 0 Å². The molecule has 0 spiro atoms. The van der Waals surface area contributed by atoms with Crippen LogP contribution >= 0.6 is 0 Å². The van der Waals surface area contributed by atoms with E-state index < -0.39 is 11.6 Å². The van der Waals surface area contributed by atoms with E-state index in [4.69, 9.17) is 4.74 Å². The Bertz CT molecular complexity index is 978. The Hall–Kier alpha value is -2.78. The van der Waals surface area contributed by atoms with Crippen molar-refractivity contribution in [2.24, 2.45) is 0 Å². The van der Waals surface area contributed by atoms with Gasteiger partial charge in [-0.2, -0.15) is 0 Å². The number of allylic oxidation sites excluding steroid dienone is 1. The molecule has 0 N–H and O–H groups in total. The first-order chi connectivity index (χ1) is 13.4. The summed E-state index contributed by atoms with van der Waals surface area (Å²) < 4.78 is 35.8. The minimum atomic E-state index is -0.410. The van der Waals surface area contributed by atoms with E-state index in [-0.39, 0.29) is 11.1 Å². The summed E-state index contributed by atoms with van der Waals surface area (Å²) in [7, 11) is 0. The third-order valence-electron chi connectivity index (χ3n) is 4.87. The summed E-state index contributed by atoms with van der Waals surface area (Å²) in [6.07, 6.45) is 0. The molecule has 0 aliphatic carbocycles. The van der Waals surface area contributed by atoms with Crippen molar-refractivity contribution in [1.29, 1.82) is 0 Å². The first kappa shape index (κ1) is 20.0. The number of hydrogen-bond donors (Lipinski definition) is 0. The fraction of sp³-hybridized carbons (Fsp3) is 0.200. The lowest BCUT2D eigenvalue weighted by molar-refractivity contribution is 0.107. The van der Waals surface area contributed by atoms with Crippen LogP contribution in [0.5, 0.6) is 0 Å². The molecule has 0 amide bonds. The molecule has 0 fully saturated rings. The molecule has 0 saturated carbocycles. The van der Waals surface area contributed by atoms with Crippen molar-refractivity contribution < 1.29 is 13.5 Å². The monoisotopic (exact) mass is 378 g/mol. The molecule has 3 rings (SSSR count). The number of hydrogen-bond acceptors (Lipinski definition) is 1. The van der Waals surface area contributed by atoms with Crippen molar-refractivity contribution in [3.63, 3.8) is 0 Å². The predicted octanol–water partition coefficient (Wildman–Crippen LogP) is 7.00. The third kappa shape index (κ3) is 4.05. The maximum absolute atomic E-state index is 15.1. The molecule has 0 bridgehead atoms. The van der Waals surface area contributed by atoms with Gasteiger partial charge in [0.05, 0.1) is 13.2 Å². The van der Waals surface area contributed by atoms with Crippen LogP contribution in [0.2, 0.25) is 0 Å². The predicted molar refractivity (Wildman–Crippen MR) is 111 cm³/mol. The van der Waals surface area contributed by atoms with Gasteiger partial charge in [0, 0.05) is 11.1 Å². The van der Waals surface area contributed by atoms with E-state index in [1.807, 2.05) is 48.5 Å². The van der Waals surface area contributed by atoms with E-state index >= 15 is 4.39 Å². The van der Waals surface area contributed by atoms with Crippen LogP contribution in [0.15, 0.2) is 61.2 Å². The van der Waals surface area contributed by atoms with Gasteiger partial charge in [-0.15, -0.1) is 0 Å². The van der Waals surface area contributed by atoms with Crippen LogP contribution in [0, 0.1) is 25.5 Å². The minimum absolute atomic E-state index is 0.265. The molecule has 0 aliphatic rings. The second-order valence-corrected chi connectivity index (χ2v) is 7.09. The molecule has 0 aliphatic heterocycles. The molecule has 3 aromatic rings. The largest absolute Gasteiger partial charge is 0.372 e. The maximum Gasteiger partial charge on any atom is 0.135 e. The highest BCUT2D eigenvalue weighted by Gasteiger charge is 2.21. The molecule has 0 radical (unpaired) electrons. The number of halogens is 2. The van der Waals surface area contributed by atoms with E-state index in [1.165, 1.54) is 0 Å². The summed E-state index contributed by atoms with van der Waals surface area (Å²) in [6, 6.07) is 17.3. The zero-order valence-corrected chi connectivity index (χ0v) is 16.5. The molecular weight excluding hydrogens is 354 g/mol. The van der Waals surface area contributed by atoms with Crippen LogP contribution in [-0.4, -0.2) is 0 Å². The van der Waals surface area contributed by atoms with Crippen molar-refractivity contribution in [2.45, 2.75) is 34.0 Å². The maximum atomic E-state index is 15.1. The molecular formula is C25H24F2O. The van der Waals surface area contributed by atoms with Crippen molar-refractivity contribution in [3.05, 3.63) is 101 Å². The molecule has 144 valence electrons. The van der Waals surface area contributed by atoms with Crippen molar-refractivity contribution >= 4 is 5.57 Å². The summed E-state index contributed by atoms with van der Waals surface area (Å²) in [5, 5.41) is 0. The summed E-state index contributed by atoms with van der Waals surface area (Å²) in [5.41, 5.74) is 4.31. The van der Waals surface area contributed by atoms with Gasteiger partial charge in [0.25, 0.3) is 0 Å². The van der Waals surface area contributed by atoms with E-state index in [0.717, 1.165) is 11.1 Å². The van der Waals surface area contributed by atoms with Gasteiger partial charge in [-0.25, -0.2) is 8.78 Å². The van der Waals surface area contributed by atoms with Gasteiger partial charge >= 0.3 is 0 Å². The Labute approximate surface area is 165 Å². The standard InChI is InChI=1S/C25H24F2O/c1-16(2)22-17(3)25(27)23(18(4)24(22)26)21-12-8-11-20(13-21)15-28-14-19-9-6-5-7-10-19/h5-13H,1,14-15H2,2-4H3. The Balaban J connectivity index is 1.89. The highest BCUT2D eigenvalue weighted by molar-refractivity contribution is 5.75. The van der Waals surface area contributed by atoms with Crippen LogP contribution in [0.3, 0.4) is 0 Å². The Morgan fingerprint density at radius 3 is 2.18 bits per heavy atom. The molecule has 1 nitrogen and oxygen atoms in total. The van der Waals surface area contributed by atoms with Gasteiger partial charge in [0.15, 0.2) is 0 Å². The van der Waals surface area contributed by atoms with E-state index in [1.54, 1.807) is 26.8 Å². The quantitative estimate of drug-likeness (QED) is 0.449. The summed E-state index contributed by atoms with van der Waals surface area (Å²) in [6.45, 7) is 9.57. The van der Waals surface area contributed by atoms with Crippen molar-refractivity contribution in [1.82, 2.24) is 0 Å². The van der Waals surface area contributed by atoms with Gasteiger partial charge in [-0.3, -0.25) is 0 Å². The summed E-state index contributed by atoms with van der Waals surface area (Å²) in [4.78, 5) is 0. The van der Waals surface area contributed by atoms with Crippen LogP contribution in [0.1, 0.15) is 34.7 Å². The van der Waals surface area contributed by atoms with Crippen LogP contribution < -0.4 is 0 Å². The second kappa shape index (κ2) is 8.49. The molecule has 3 heteroatoms. The molecule has 3 aromatic carbocycles. The first-order valence-electron chi connectivity index (χ1n) is 9.25. The normalized spacial score (nSPS) is 10.9. The van der Waals surface area contributed by atoms with Crippen LogP contribution in [-0.2, 0) is 18.0 Å². The van der Waals surface area contributed by atoms with Gasteiger partial charge < -0.3 is 4.74 Å². The Morgan fingerprint density at radius 1 is 0.857 bits per heavy atom. The van der Waals surface area contributed by atoms with Crippen LogP contribution in [0.25, 0.3) is 16.7 Å². The molecule has 0 aromatic heterocycles. The lowest BCUT2D eigenvalue weighted by Crippen LogP contribution is -2.03. The number of benzene rings is 3. The summed E-state index contributed by atoms with van der Waals surface area (Å²) in [5.74, 6) is -0.814. The highest BCUT2D eigenvalue weighted by Crippen LogP contribution is 2.35. The van der Waals surface area contributed by atoms with Crippen molar-refractivity contribution in [3.8, 4) is 11.1 Å². The van der Waals surface area contributed by atoms with Gasteiger partial charge in [-0.05, 0) is 60.2 Å². The minimum Gasteiger partial charge on any atom is -0.372 e. The van der Waals surface area contributed by atoms with Gasteiger partial charge in [0.1, 0.15) is 11.6 Å². The number of rotatable bonds is 6. The molecule has 0 heterocycles. The molecule has 0 atom stereocenters. The van der Waals surface area contributed by atoms with Gasteiger partial charge in [-0.1, -0.05) is 55.1 Å². The Kier molecular flexibility index (Phi) is 6.05. The van der Waals surface area contributed by atoms with E-state index in [2.05, 4.69) is 6.58 Å². The smallest absolute Gasteiger partial charge is 0.135 e. The highest BCUT2D eigenvalue weighted by atomic mass is 19.1. The number of ether oxygens (including phenoxy) is 1. The fourth-order valence-electron chi connectivity index (χ4n) is 3.45. The average Bonchev–Trinajstić information content (AvgIpc) is 2.68. The zero-order chi connectivity index (χ0) is 20.3. The zero-order valence-electron chi connectivity index (χ0n) is 16.5. The fourth-order valence-corrected chi connectivity index (χ4v) is 3.45. The van der Waals surface area contributed by atoms with E-state index in [9.17, 15) is 4.39 Å². The first-order valence-corrected chi connectivity index (χ1v) is 9.25. The second-order valence-electron chi connectivity index (χ2n) is 7.09. The third-order valence-corrected chi connectivity index (χ3v) is 4.87. The lowest BCUT2D eigenvalue weighted by atomic mass is 9.90. The Morgan fingerprint density at radius 2 is 1.50 bits per heavy atom. The molecule has 28 heavy (non-hydrogen) atoms. The molecule has 0 saturated heterocycles. The molecule has 0 unspecified atom stereocenters. The summed E-state index contributed by atoms with van der Waals surface area (Å²) >= 11 is 0. The SMILES string of the molecule is C=C(C)c1c(C)c(F)c(-c2cccc(COCc3ccccc3)c2)c(C)c1F. The average molecular weight is 378 g/mol. The lowest BCUT2D eigenvalue weighted by Gasteiger charge is -2.17. The van der Waals surface area contributed by atoms with E-state index in [0.29, 0.717) is 35.5 Å². The van der Waals surface area contributed by atoms with Crippen molar-refractivity contribution in [2.75, 3.05) is 0 Å².